The molecule has 1 saturated heterocycles. The number of likely N-dealkylation sites (tertiary alicyclic amines) is 1. The molecule has 1 aliphatic heterocycles. The number of nitriles is 1. The summed E-state index contributed by atoms with van der Waals surface area (Å²) < 4.78 is 14.0. The summed E-state index contributed by atoms with van der Waals surface area (Å²) in [5.41, 5.74) is 1.96. The lowest BCUT2D eigenvalue weighted by atomic mass is 10.0. The molecule has 0 amide bonds. The number of benzene rings is 2. The smallest absolute Gasteiger partial charge is 0.191 e. The Labute approximate surface area is 186 Å². The molecule has 0 spiro atoms. The summed E-state index contributed by atoms with van der Waals surface area (Å²) in [6.07, 6.45) is 1.96. The van der Waals surface area contributed by atoms with Gasteiger partial charge in [-0.25, -0.2) is 4.39 Å². The highest BCUT2D eigenvalue weighted by Gasteiger charge is 2.20. The van der Waals surface area contributed by atoms with Crippen LogP contribution >= 0.6 is 23.2 Å². The molecule has 0 atom stereocenters. The summed E-state index contributed by atoms with van der Waals surface area (Å²) in [5.74, 6) is 0.245. The number of nitrogens with zero attached hydrogens (tertiary/aromatic N) is 3. The van der Waals surface area contributed by atoms with E-state index in [1.54, 1.807) is 19.2 Å². The Morgan fingerprint density at radius 3 is 2.60 bits per heavy atom. The molecule has 1 heterocycles. The predicted octanol–water partition coefficient (Wildman–Crippen LogP) is 4.33. The van der Waals surface area contributed by atoms with Crippen molar-refractivity contribution in [1.82, 2.24) is 15.5 Å². The minimum absolute atomic E-state index is 0.298. The van der Waals surface area contributed by atoms with Gasteiger partial charge < -0.3 is 10.6 Å². The van der Waals surface area contributed by atoms with Gasteiger partial charge in [-0.1, -0.05) is 35.3 Å². The standard InChI is InChI=1S/C22H24Cl2FN5/c1-27-22(28-13-17-4-2-15(12-26)11-21(17)25)29-18-6-8-30(9-7-18)14-16-3-5-19(23)20(24)10-16/h2-5,10-11,18H,6-9,13-14H2,1H3,(H2,27,28,29). The average molecular weight is 448 g/mol. The van der Waals surface area contributed by atoms with E-state index in [9.17, 15) is 4.39 Å². The highest BCUT2D eigenvalue weighted by molar-refractivity contribution is 6.42. The SMILES string of the molecule is CN=C(NCc1ccc(C#N)cc1F)NC1CCN(Cc2ccc(Cl)c(Cl)c2)CC1. The number of halogens is 3. The first-order valence-corrected chi connectivity index (χ1v) is 10.6. The molecule has 2 N–H and O–H groups in total. The van der Waals surface area contributed by atoms with Crippen LogP contribution < -0.4 is 10.6 Å². The van der Waals surface area contributed by atoms with E-state index in [4.69, 9.17) is 28.5 Å². The molecule has 0 saturated carbocycles. The fourth-order valence-electron chi connectivity index (χ4n) is 3.46. The maximum atomic E-state index is 14.0. The molecule has 30 heavy (non-hydrogen) atoms. The van der Waals surface area contributed by atoms with Gasteiger partial charge in [-0.15, -0.1) is 0 Å². The number of aliphatic imine (C=N–C) groups is 1. The van der Waals surface area contributed by atoms with Gasteiger partial charge in [0.15, 0.2) is 5.96 Å². The monoisotopic (exact) mass is 447 g/mol. The van der Waals surface area contributed by atoms with Crippen LogP contribution in [0.15, 0.2) is 41.4 Å². The van der Waals surface area contributed by atoms with Gasteiger partial charge in [0.25, 0.3) is 0 Å². The van der Waals surface area contributed by atoms with E-state index in [2.05, 4.69) is 20.5 Å². The average Bonchev–Trinajstić information content (AvgIpc) is 2.75. The normalized spacial score (nSPS) is 15.6. The van der Waals surface area contributed by atoms with Gasteiger partial charge >= 0.3 is 0 Å². The zero-order valence-electron chi connectivity index (χ0n) is 16.8. The topological polar surface area (TPSA) is 63.5 Å². The van der Waals surface area contributed by atoms with Crippen molar-refractivity contribution in [3.63, 3.8) is 0 Å². The third-order valence-electron chi connectivity index (χ3n) is 5.17. The molecule has 8 heteroatoms. The molecule has 0 aromatic heterocycles. The lowest BCUT2D eigenvalue weighted by Crippen LogP contribution is -2.48. The third-order valence-corrected chi connectivity index (χ3v) is 5.91. The lowest BCUT2D eigenvalue weighted by Gasteiger charge is -2.33. The summed E-state index contributed by atoms with van der Waals surface area (Å²) in [4.78, 5) is 6.63. The Morgan fingerprint density at radius 2 is 1.97 bits per heavy atom. The van der Waals surface area contributed by atoms with Crippen molar-refractivity contribution in [2.75, 3.05) is 20.1 Å². The molecular formula is C22H24Cl2FN5. The van der Waals surface area contributed by atoms with Gasteiger partial charge in [0.2, 0.25) is 0 Å². The molecule has 1 aliphatic rings. The molecule has 0 bridgehead atoms. The second-order valence-corrected chi connectivity index (χ2v) is 8.10. The number of hydrogen-bond acceptors (Lipinski definition) is 3. The largest absolute Gasteiger partial charge is 0.354 e. The molecular weight excluding hydrogens is 424 g/mol. The zero-order chi connectivity index (χ0) is 21.5. The van der Waals surface area contributed by atoms with Gasteiger partial charge in [0.05, 0.1) is 21.7 Å². The first-order chi connectivity index (χ1) is 14.5. The van der Waals surface area contributed by atoms with Crippen molar-refractivity contribution in [2.24, 2.45) is 4.99 Å². The second-order valence-electron chi connectivity index (χ2n) is 7.29. The second kappa shape index (κ2) is 10.6. The highest BCUT2D eigenvalue weighted by atomic mass is 35.5. The van der Waals surface area contributed by atoms with Gasteiger partial charge in [-0.05, 0) is 42.7 Å². The van der Waals surface area contributed by atoms with E-state index in [-0.39, 0.29) is 0 Å². The van der Waals surface area contributed by atoms with E-state index in [0.717, 1.165) is 38.0 Å². The number of piperidine rings is 1. The van der Waals surface area contributed by atoms with Crippen LogP contribution in [0, 0.1) is 17.1 Å². The first kappa shape index (κ1) is 22.4. The molecule has 0 aliphatic carbocycles. The Hall–Kier alpha value is -2.33. The Kier molecular flexibility index (Phi) is 7.92. The number of nitrogens with one attached hydrogen (secondary N) is 2. The van der Waals surface area contributed by atoms with Gasteiger partial charge in [-0.2, -0.15) is 5.26 Å². The van der Waals surface area contributed by atoms with Crippen molar-refractivity contribution >= 4 is 29.2 Å². The zero-order valence-corrected chi connectivity index (χ0v) is 18.3. The summed E-state index contributed by atoms with van der Waals surface area (Å²) in [6.45, 7) is 3.06. The van der Waals surface area contributed by atoms with E-state index < -0.39 is 5.82 Å². The quantitative estimate of drug-likeness (QED) is 0.528. The third kappa shape index (κ3) is 6.09. The molecule has 158 valence electrons. The van der Waals surface area contributed by atoms with Crippen LogP contribution in [-0.4, -0.2) is 37.0 Å². The Bertz CT molecular complexity index is 949. The number of rotatable bonds is 5. The van der Waals surface area contributed by atoms with Crippen LogP contribution in [0.25, 0.3) is 0 Å². The fourth-order valence-corrected chi connectivity index (χ4v) is 3.78. The van der Waals surface area contributed by atoms with Crippen molar-refractivity contribution in [3.8, 4) is 6.07 Å². The van der Waals surface area contributed by atoms with Crippen molar-refractivity contribution in [1.29, 1.82) is 5.26 Å². The van der Waals surface area contributed by atoms with Gasteiger partial charge in [-0.3, -0.25) is 9.89 Å². The summed E-state index contributed by atoms with van der Waals surface area (Å²) in [7, 11) is 1.70. The number of hydrogen-bond donors (Lipinski definition) is 2. The lowest BCUT2D eigenvalue weighted by molar-refractivity contribution is 0.198. The highest BCUT2D eigenvalue weighted by Crippen LogP contribution is 2.24. The van der Waals surface area contributed by atoms with Crippen LogP contribution in [0.1, 0.15) is 29.5 Å². The van der Waals surface area contributed by atoms with Crippen molar-refractivity contribution < 1.29 is 4.39 Å². The molecule has 1 fully saturated rings. The molecule has 0 radical (unpaired) electrons. The molecule has 3 rings (SSSR count). The molecule has 2 aromatic carbocycles. The van der Waals surface area contributed by atoms with Crippen LogP contribution in [0.5, 0.6) is 0 Å². The van der Waals surface area contributed by atoms with Gasteiger partial charge in [0.1, 0.15) is 5.82 Å². The van der Waals surface area contributed by atoms with E-state index >= 15 is 0 Å². The van der Waals surface area contributed by atoms with Crippen LogP contribution in [0.2, 0.25) is 10.0 Å². The minimum atomic E-state index is -0.396. The molecule has 0 unspecified atom stereocenters. The fraction of sp³-hybridized carbons (Fsp3) is 0.364. The van der Waals surface area contributed by atoms with Crippen molar-refractivity contribution in [3.05, 3.63) is 69.0 Å². The predicted molar refractivity (Wildman–Crippen MR) is 119 cm³/mol. The summed E-state index contributed by atoms with van der Waals surface area (Å²) >= 11 is 12.1. The van der Waals surface area contributed by atoms with Crippen molar-refractivity contribution in [2.45, 2.75) is 32.0 Å². The van der Waals surface area contributed by atoms with Crippen LogP contribution in [-0.2, 0) is 13.1 Å². The first-order valence-electron chi connectivity index (χ1n) is 9.80. The van der Waals surface area contributed by atoms with Crippen LogP contribution in [0.4, 0.5) is 4.39 Å². The number of guanidine groups is 1. The van der Waals surface area contributed by atoms with E-state index in [0.29, 0.717) is 39.7 Å². The van der Waals surface area contributed by atoms with Gasteiger partial charge in [0, 0.05) is 44.8 Å². The summed E-state index contributed by atoms with van der Waals surface area (Å²) in [5, 5.41) is 16.6. The molecule has 2 aromatic rings. The van der Waals surface area contributed by atoms with E-state index in [1.165, 1.54) is 6.07 Å². The Morgan fingerprint density at radius 1 is 1.20 bits per heavy atom. The Balaban J connectivity index is 1.46. The minimum Gasteiger partial charge on any atom is -0.354 e. The van der Waals surface area contributed by atoms with E-state index in [1.807, 2.05) is 24.3 Å². The molecule has 5 nitrogen and oxygen atoms in total. The maximum absolute atomic E-state index is 14.0. The van der Waals surface area contributed by atoms with Crippen LogP contribution in [0.3, 0.4) is 0 Å². The summed E-state index contributed by atoms with van der Waals surface area (Å²) in [6, 6.07) is 12.5. The maximum Gasteiger partial charge on any atom is 0.191 e.